The van der Waals surface area contributed by atoms with E-state index in [2.05, 4.69) is 4.51 Å². The van der Waals surface area contributed by atoms with Gasteiger partial charge in [0.15, 0.2) is 0 Å². The zero-order chi connectivity index (χ0) is 19.5. The summed E-state index contributed by atoms with van der Waals surface area (Å²) in [4.78, 5) is 10.4. The average Bonchev–Trinajstić information content (AvgIpc) is 2.57. The first-order valence-electron chi connectivity index (χ1n) is 6.73. The lowest BCUT2D eigenvalue weighted by molar-refractivity contribution is -0.385. The lowest BCUT2D eigenvalue weighted by Gasteiger charge is -2.12. The Morgan fingerprint density at radius 2 is 1.92 bits per heavy atom. The van der Waals surface area contributed by atoms with Crippen LogP contribution in [0.25, 0.3) is 0 Å². The number of alkyl halides is 3. The molecular weight excluding hydrogens is 400 g/mol. The maximum Gasteiger partial charge on any atom is 0.416 e. The Kier molecular flexibility index (Phi) is 5.94. The van der Waals surface area contributed by atoms with E-state index < -0.39 is 16.7 Å². The monoisotopic (exact) mass is 408 g/mol. The maximum absolute atomic E-state index is 12.7. The van der Waals surface area contributed by atoms with Crippen LogP contribution >= 0.6 is 23.4 Å². The van der Waals surface area contributed by atoms with Gasteiger partial charge in [0.2, 0.25) is 5.90 Å². The van der Waals surface area contributed by atoms with Crippen LogP contribution in [0.2, 0.25) is 5.02 Å². The molecule has 0 heterocycles. The van der Waals surface area contributed by atoms with Crippen LogP contribution in [-0.2, 0) is 10.9 Å². The van der Waals surface area contributed by atoms with E-state index in [1.54, 1.807) is 0 Å². The third-order valence-corrected chi connectivity index (χ3v) is 3.60. The Labute approximate surface area is 155 Å². The Bertz CT molecular complexity index is 872. The highest BCUT2D eigenvalue weighted by molar-refractivity contribution is 6.32. The molecule has 26 heavy (non-hydrogen) atoms. The van der Waals surface area contributed by atoms with Gasteiger partial charge in [-0.25, -0.2) is 0 Å². The van der Waals surface area contributed by atoms with E-state index in [9.17, 15) is 23.3 Å². The van der Waals surface area contributed by atoms with Crippen LogP contribution in [0, 0.1) is 10.1 Å². The molecule has 138 valence electrons. The molecule has 0 aromatic heterocycles. The summed E-state index contributed by atoms with van der Waals surface area (Å²) in [7, 11) is 1.21. The van der Waals surface area contributed by atoms with Gasteiger partial charge in [0, 0.05) is 23.9 Å². The molecule has 0 N–H and O–H groups in total. The number of benzene rings is 2. The molecule has 0 aliphatic carbocycles. The van der Waals surface area contributed by atoms with Crippen molar-refractivity contribution in [3.05, 3.63) is 62.7 Å². The third kappa shape index (κ3) is 4.36. The van der Waals surface area contributed by atoms with E-state index in [0.29, 0.717) is 6.07 Å². The van der Waals surface area contributed by atoms with E-state index in [1.807, 2.05) is 0 Å². The van der Waals surface area contributed by atoms with Gasteiger partial charge in [0.25, 0.3) is 5.69 Å². The summed E-state index contributed by atoms with van der Waals surface area (Å²) in [6.45, 7) is 0. The van der Waals surface area contributed by atoms with Gasteiger partial charge in [-0.2, -0.15) is 13.2 Å². The second kappa shape index (κ2) is 7.79. The SMILES string of the molecule is COC(=NCl)c1cc(Oc2ccc(C(F)(F)F)cc2Cl)ccc1[N+](=O)[O-]. The van der Waals surface area contributed by atoms with E-state index >= 15 is 0 Å². The van der Waals surface area contributed by atoms with E-state index in [-0.39, 0.29) is 33.7 Å². The topological polar surface area (TPSA) is 74.0 Å². The number of nitro benzene ring substituents is 1. The van der Waals surface area contributed by atoms with E-state index in [4.69, 9.17) is 32.9 Å². The summed E-state index contributed by atoms with van der Waals surface area (Å²) in [6.07, 6.45) is -4.55. The van der Waals surface area contributed by atoms with Crippen molar-refractivity contribution in [1.29, 1.82) is 0 Å². The molecule has 2 aromatic rings. The molecule has 0 amide bonds. The van der Waals surface area contributed by atoms with Gasteiger partial charge in [0.1, 0.15) is 17.1 Å². The molecule has 2 aromatic carbocycles. The van der Waals surface area contributed by atoms with Gasteiger partial charge in [-0.3, -0.25) is 10.1 Å². The number of nitro groups is 1. The van der Waals surface area contributed by atoms with Gasteiger partial charge in [-0.1, -0.05) is 11.6 Å². The largest absolute Gasteiger partial charge is 0.480 e. The number of rotatable bonds is 4. The van der Waals surface area contributed by atoms with Gasteiger partial charge in [-0.15, -0.1) is 4.51 Å². The summed E-state index contributed by atoms with van der Waals surface area (Å²) in [5.74, 6) is -0.245. The highest BCUT2D eigenvalue weighted by atomic mass is 35.5. The highest BCUT2D eigenvalue weighted by Gasteiger charge is 2.31. The Hall–Kier alpha value is -2.52. The molecule has 0 radical (unpaired) electrons. The molecule has 0 bridgehead atoms. The highest BCUT2D eigenvalue weighted by Crippen LogP contribution is 2.37. The van der Waals surface area contributed by atoms with Crippen LogP contribution < -0.4 is 4.74 Å². The van der Waals surface area contributed by atoms with Crippen LogP contribution in [0.5, 0.6) is 11.5 Å². The summed E-state index contributed by atoms with van der Waals surface area (Å²) in [6, 6.07) is 6.12. The molecule has 2 rings (SSSR count). The lowest BCUT2D eigenvalue weighted by Crippen LogP contribution is -2.07. The summed E-state index contributed by atoms with van der Waals surface area (Å²) < 4.78 is 51.6. The average molecular weight is 409 g/mol. The fraction of sp³-hybridized carbons (Fsp3) is 0.133. The minimum absolute atomic E-state index is 0.0575. The summed E-state index contributed by atoms with van der Waals surface area (Å²) >= 11 is 11.2. The standard InChI is InChI=1S/C15H9Cl2F3N2O4/c1-25-14(21-17)10-7-9(3-4-12(10)22(23)24)26-13-5-2-8(6-11(13)16)15(18,19)20/h2-7H,1H3. The molecule has 11 heteroatoms. The molecule has 0 atom stereocenters. The smallest absolute Gasteiger partial charge is 0.416 e. The van der Waals surface area contributed by atoms with Crippen molar-refractivity contribution in [3.63, 3.8) is 0 Å². The van der Waals surface area contributed by atoms with Crippen molar-refractivity contribution >= 4 is 35.0 Å². The van der Waals surface area contributed by atoms with E-state index in [0.717, 1.165) is 18.2 Å². The van der Waals surface area contributed by atoms with Crippen molar-refractivity contribution in [3.8, 4) is 11.5 Å². The first-order chi connectivity index (χ1) is 12.2. The number of ether oxygens (including phenoxy) is 2. The molecular formula is C15H9Cl2F3N2O4. The molecule has 0 unspecified atom stereocenters. The number of halogens is 5. The normalized spacial score (nSPS) is 12.0. The molecule has 0 spiro atoms. The Morgan fingerprint density at radius 1 is 1.23 bits per heavy atom. The Morgan fingerprint density at radius 3 is 2.42 bits per heavy atom. The van der Waals surface area contributed by atoms with Crippen LogP contribution in [-0.4, -0.2) is 17.9 Å². The quantitative estimate of drug-likeness (QED) is 0.285. The van der Waals surface area contributed by atoms with Crippen molar-refractivity contribution in [2.45, 2.75) is 6.18 Å². The van der Waals surface area contributed by atoms with Gasteiger partial charge in [0.05, 0.1) is 22.6 Å². The number of methoxy groups -OCH3 is 1. The maximum atomic E-state index is 12.7. The van der Waals surface area contributed by atoms with E-state index in [1.165, 1.54) is 19.2 Å². The van der Waals surface area contributed by atoms with Gasteiger partial charge < -0.3 is 9.47 Å². The summed E-state index contributed by atoms with van der Waals surface area (Å²) in [5.41, 5.74) is -1.36. The predicted octanol–water partition coefficient (Wildman–Crippen LogP) is 5.61. The van der Waals surface area contributed by atoms with Gasteiger partial charge >= 0.3 is 6.18 Å². The second-order valence-corrected chi connectivity index (χ2v) is 5.35. The second-order valence-electron chi connectivity index (χ2n) is 4.77. The number of nitrogens with zero attached hydrogens (tertiary/aromatic N) is 2. The Balaban J connectivity index is 2.42. The molecule has 0 aliphatic heterocycles. The van der Waals surface area contributed by atoms with Gasteiger partial charge in [-0.05, 0) is 24.3 Å². The number of hydrogen-bond donors (Lipinski definition) is 0. The fourth-order valence-corrected chi connectivity index (χ4v) is 2.37. The van der Waals surface area contributed by atoms with Crippen LogP contribution in [0.4, 0.5) is 18.9 Å². The minimum atomic E-state index is -4.55. The van der Waals surface area contributed by atoms with Crippen molar-refractivity contribution in [2.24, 2.45) is 4.51 Å². The zero-order valence-electron chi connectivity index (χ0n) is 12.9. The molecule has 0 fully saturated rings. The first-order valence-corrected chi connectivity index (χ1v) is 7.45. The first kappa shape index (κ1) is 19.8. The predicted molar refractivity (Wildman–Crippen MR) is 89.0 cm³/mol. The molecule has 0 aliphatic rings. The fourth-order valence-electron chi connectivity index (χ4n) is 1.99. The number of hydrogen-bond acceptors (Lipinski definition) is 5. The summed E-state index contributed by atoms with van der Waals surface area (Å²) in [5, 5.41) is 10.8. The third-order valence-electron chi connectivity index (χ3n) is 3.15. The molecule has 6 nitrogen and oxygen atoms in total. The van der Waals surface area contributed by atoms with Crippen molar-refractivity contribution in [2.75, 3.05) is 7.11 Å². The minimum Gasteiger partial charge on any atom is -0.480 e. The van der Waals surface area contributed by atoms with Crippen LogP contribution in [0.3, 0.4) is 0 Å². The van der Waals surface area contributed by atoms with Crippen molar-refractivity contribution in [1.82, 2.24) is 0 Å². The molecule has 0 saturated carbocycles. The lowest BCUT2D eigenvalue weighted by atomic mass is 10.1. The van der Waals surface area contributed by atoms with Crippen molar-refractivity contribution < 1.29 is 27.6 Å². The van der Waals surface area contributed by atoms with Crippen LogP contribution in [0.1, 0.15) is 11.1 Å². The van der Waals surface area contributed by atoms with Crippen LogP contribution in [0.15, 0.2) is 40.9 Å². The molecule has 0 saturated heterocycles. The zero-order valence-corrected chi connectivity index (χ0v) is 14.4.